The molecule has 0 radical (unpaired) electrons. The summed E-state index contributed by atoms with van der Waals surface area (Å²) in [7, 11) is -3.86. The molecule has 1 aromatic rings. The monoisotopic (exact) mass is 310 g/mol. The van der Waals surface area contributed by atoms with Crippen molar-refractivity contribution >= 4 is 15.9 Å². The van der Waals surface area contributed by atoms with Gasteiger partial charge in [0, 0.05) is 0 Å². The molecule has 0 bridgehead atoms. The highest BCUT2D eigenvalue weighted by Gasteiger charge is 2.38. The Bertz CT molecular complexity index is 628. The molecular weight excluding hydrogens is 297 g/mol. The minimum atomic E-state index is -4.61. The van der Waals surface area contributed by atoms with Crippen molar-refractivity contribution in [1.29, 1.82) is 0 Å². The maximum atomic E-state index is 12.6. The third-order valence-corrected chi connectivity index (χ3v) is 3.43. The zero-order valence-electron chi connectivity index (χ0n) is 10.7. The van der Waals surface area contributed by atoms with Gasteiger partial charge in [0.1, 0.15) is 5.54 Å². The van der Waals surface area contributed by atoms with E-state index in [4.69, 9.17) is 5.73 Å². The highest BCUT2D eigenvalue weighted by atomic mass is 32.2. The lowest BCUT2D eigenvalue weighted by Gasteiger charge is -2.27. The smallest absolute Gasteiger partial charge is 0.368 e. The average molecular weight is 310 g/mol. The summed E-state index contributed by atoms with van der Waals surface area (Å²) in [5.41, 5.74) is 1.97. The number of nitrogens with one attached hydrogen (secondary N) is 1. The number of primary amides is 1. The van der Waals surface area contributed by atoms with Crippen LogP contribution in [0.15, 0.2) is 24.3 Å². The fourth-order valence-electron chi connectivity index (χ4n) is 1.63. The molecule has 3 N–H and O–H groups in total. The molecule has 0 saturated heterocycles. The van der Waals surface area contributed by atoms with E-state index in [0.717, 1.165) is 25.3 Å². The van der Waals surface area contributed by atoms with E-state index >= 15 is 0 Å². The molecule has 0 aliphatic carbocycles. The number of halogens is 3. The second-order valence-corrected chi connectivity index (χ2v) is 6.19. The lowest BCUT2D eigenvalue weighted by molar-refractivity contribution is -0.137. The number of hydrogen-bond donors (Lipinski definition) is 2. The molecule has 0 fully saturated rings. The second kappa shape index (κ2) is 5.06. The first-order valence-corrected chi connectivity index (χ1v) is 7.22. The van der Waals surface area contributed by atoms with E-state index in [0.29, 0.717) is 6.07 Å². The van der Waals surface area contributed by atoms with Crippen molar-refractivity contribution in [1.82, 2.24) is 4.72 Å². The van der Waals surface area contributed by atoms with Gasteiger partial charge >= 0.3 is 6.18 Å². The van der Waals surface area contributed by atoms with Crippen LogP contribution in [-0.2, 0) is 26.5 Å². The van der Waals surface area contributed by atoms with Gasteiger partial charge in [0.15, 0.2) is 0 Å². The van der Waals surface area contributed by atoms with Gasteiger partial charge in [0.25, 0.3) is 0 Å². The highest BCUT2D eigenvalue weighted by molar-refractivity contribution is 7.88. The second-order valence-electron chi connectivity index (χ2n) is 4.44. The Morgan fingerprint density at radius 1 is 1.25 bits per heavy atom. The number of carbonyl (C=O) groups is 1. The summed E-state index contributed by atoms with van der Waals surface area (Å²) < 4.78 is 62.4. The number of benzene rings is 1. The quantitative estimate of drug-likeness (QED) is 0.868. The largest absolute Gasteiger partial charge is 0.416 e. The number of amides is 1. The molecule has 5 nitrogen and oxygen atoms in total. The molecule has 1 amide bonds. The van der Waals surface area contributed by atoms with Crippen LogP contribution >= 0.6 is 0 Å². The van der Waals surface area contributed by atoms with Crippen molar-refractivity contribution in [3.63, 3.8) is 0 Å². The maximum Gasteiger partial charge on any atom is 0.416 e. The van der Waals surface area contributed by atoms with Crippen molar-refractivity contribution in [2.24, 2.45) is 5.73 Å². The van der Waals surface area contributed by atoms with Gasteiger partial charge in [-0.05, 0) is 24.6 Å². The predicted octanol–water partition coefficient (Wildman–Crippen LogP) is 0.955. The first-order valence-electron chi connectivity index (χ1n) is 5.33. The van der Waals surface area contributed by atoms with Gasteiger partial charge in [-0.1, -0.05) is 12.1 Å². The summed E-state index contributed by atoms with van der Waals surface area (Å²) in [5, 5.41) is 0. The molecule has 1 rings (SSSR count). The van der Waals surface area contributed by atoms with Gasteiger partial charge in [-0.2, -0.15) is 17.9 Å². The number of hydrogen-bond acceptors (Lipinski definition) is 3. The topological polar surface area (TPSA) is 89.3 Å². The molecule has 1 atom stereocenters. The minimum Gasteiger partial charge on any atom is -0.368 e. The first-order chi connectivity index (χ1) is 8.86. The fourth-order valence-corrected chi connectivity index (χ4v) is 2.59. The molecular formula is C11H13F3N2O3S. The Kier molecular flexibility index (Phi) is 4.16. The van der Waals surface area contributed by atoms with Crippen LogP contribution in [0.25, 0.3) is 0 Å². The zero-order chi connectivity index (χ0) is 15.8. The van der Waals surface area contributed by atoms with Crippen LogP contribution in [0.1, 0.15) is 18.1 Å². The number of carbonyl (C=O) groups excluding carboxylic acids is 1. The predicted molar refractivity (Wildman–Crippen MR) is 66.0 cm³/mol. The van der Waals surface area contributed by atoms with Crippen LogP contribution in [0, 0.1) is 0 Å². The molecule has 20 heavy (non-hydrogen) atoms. The van der Waals surface area contributed by atoms with E-state index in [2.05, 4.69) is 0 Å². The van der Waals surface area contributed by atoms with Crippen molar-refractivity contribution in [3.05, 3.63) is 35.4 Å². The molecule has 0 saturated carbocycles. The lowest BCUT2D eigenvalue weighted by Crippen LogP contribution is -2.52. The van der Waals surface area contributed by atoms with E-state index in [9.17, 15) is 26.4 Å². The van der Waals surface area contributed by atoms with Crippen LogP contribution < -0.4 is 10.5 Å². The maximum absolute atomic E-state index is 12.6. The molecule has 112 valence electrons. The highest BCUT2D eigenvalue weighted by Crippen LogP contribution is 2.32. The van der Waals surface area contributed by atoms with Gasteiger partial charge in [0.05, 0.1) is 11.8 Å². The normalized spacial score (nSPS) is 15.7. The van der Waals surface area contributed by atoms with Crippen molar-refractivity contribution in [2.45, 2.75) is 18.6 Å². The molecule has 0 unspecified atom stereocenters. The molecule has 0 heterocycles. The van der Waals surface area contributed by atoms with Crippen LogP contribution in [-0.4, -0.2) is 20.6 Å². The van der Waals surface area contributed by atoms with E-state index in [1.54, 1.807) is 0 Å². The SMILES string of the molecule is C[C@@](NS(C)(=O)=O)(C(N)=O)c1cccc(C(F)(F)F)c1. The summed E-state index contributed by atoms with van der Waals surface area (Å²) in [6, 6.07) is 3.76. The van der Waals surface area contributed by atoms with Gasteiger partial charge in [-0.25, -0.2) is 8.42 Å². The molecule has 9 heteroatoms. The molecule has 1 aromatic carbocycles. The Hall–Kier alpha value is -1.61. The summed E-state index contributed by atoms with van der Waals surface area (Å²) >= 11 is 0. The number of nitrogens with two attached hydrogens (primary N) is 1. The van der Waals surface area contributed by atoms with E-state index in [1.807, 2.05) is 4.72 Å². The molecule has 0 aromatic heterocycles. The number of rotatable bonds is 4. The number of alkyl halides is 3. The Morgan fingerprint density at radius 2 is 1.75 bits per heavy atom. The van der Waals surface area contributed by atoms with Crippen LogP contribution in [0.3, 0.4) is 0 Å². The lowest BCUT2D eigenvalue weighted by atomic mass is 9.91. The first kappa shape index (κ1) is 16.4. The Balaban J connectivity index is 3.41. The van der Waals surface area contributed by atoms with Crippen LogP contribution in [0.5, 0.6) is 0 Å². The van der Waals surface area contributed by atoms with Gasteiger partial charge < -0.3 is 5.73 Å². The third kappa shape index (κ3) is 3.70. The summed E-state index contributed by atoms with van der Waals surface area (Å²) in [6.07, 6.45) is -3.83. The fraction of sp³-hybridized carbons (Fsp3) is 0.364. The zero-order valence-corrected chi connectivity index (χ0v) is 11.5. The van der Waals surface area contributed by atoms with Gasteiger partial charge in [-0.15, -0.1) is 0 Å². The third-order valence-electron chi connectivity index (χ3n) is 2.65. The molecule has 0 aliphatic rings. The van der Waals surface area contributed by atoms with E-state index in [-0.39, 0.29) is 5.56 Å². The molecule has 0 spiro atoms. The Labute approximate surface area is 114 Å². The summed E-state index contributed by atoms with van der Waals surface area (Å²) in [5.74, 6) is -1.11. The van der Waals surface area contributed by atoms with Gasteiger partial charge in [-0.3, -0.25) is 4.79 Å². The Morgan fingerprint density at radius 3 is 2.15 bits per heavy atom. The van der Waals surface area contributed by atoms with Gasteiger partial charge in [0.2, 0.25) is 15.9 Å². The standard InChI is InChI=1S/C11H13F3N2O3S/c1-10(9(15)17,16-20(2,18)19)7-4-3-5-8(6-7)11(12,13)14/h3-6,16H,1-2H3,(H2,15,17)/t10-/m0/s1. The van der Waals surface area contributed by atoms with Crippen molar-refractivity contribution in [2.75, 3.05) is 6.26 Å². The van der Waals surface area contributed by atoms with Crippen molar-refractivity contribution in [3.8, 4) is 0 Å². The summed E-state index contributed by atoms with van der Waals surface area (Å²) in [4.78, 5) is 11.5. The minimum absolute atomic E-state index is 0.190. The van der Waals surface area contributed by atoms with E-state index < -0.39 is 33.2 Å². The average Bonchev–Trinajstić information content (AvgIpc) is 2.25. The van der Waals surface area contributed by atoms with E-state index in [1.165, 1.54) is 6.07 Å². The summed E-state index contributed by atoms with van der Waals surface area (Å²) in [6.45, 7) is 1.10. The number of sulfonamides is 1. The van der Waals surface area contributed by atoms with Crippen LogP contribution in [0.2, 0.25) is 0 Å². The molecule has 0 aliphatic heterocycles. The van der Waals surface area contributed by atoms with Crippen LogP contribution in [0.4, 0.5) is 13.2 Å². The van der Waals surface area contributed by atoms with Crippen molar-refractivity contribution < 1.29 is 26.4 Å².